The van der Waals surface area contributed by atoms with E-state index in [-0.39, 0.29) is 28.1 Å². The molecular weight excluding hydrogens is 284 g/mol. The van der Waals surface area contributed by atoms with Crippen LogP contribution in [0.25, 0.3) is 0 Å². The van der Waals surface area contributed by atoms with Gasteiger partial charge in [0.05, 0.1) is 4.92 Å². The summed E-state index contributed by atoms with van der Waals surface area (Å²) >= 11 is 5.71. The van der Waals surface area contributed by atoms with Crippen LogP contribution >= 0.6 is 11.6 Å². The molecule has 0 aliphatic rings. The number of pyridine rings is 1. The van der Waals surface area contributed by atoms with Gasteiger partial charge in [-0.3, -0.25) is 14.9 Å². The van der Waals surface area contributed by atoms with E-state index in [2.05, 4.69) is 4.98 Å². The zero-order valence-electron chi connectivity index (χ0n) is 10.4. The van der Waals surface area contributed by atoms with Gasteiger partial charge in [-0.1, -0.05) is 11.6 Å². The fourth-order valence-corrected chi connectivity index (χ4v) is 1.68. The molecule has 0 radical (unpaired) electrons. The molecule has 102 valence electrons. The molecule has 0 spiro atoms. The highest BCUT2D eigenvalue weighted by Gasteiger charge is 2.17. The number of ether oxygens (including phenoxy) is 1. The lowest BCUT2D eigenvalue weighted by Gasteiger charge is -2.06. The molecule has 1 aromatic carbocycles. The van der Waals surface area contributed by atoms with E-state index in [0.717, 1.165) is 0 Å². The minimum absolute atomic E-state index is 0.00704. The number of aromatic nitrogens is 1. The van der Waals surface area contributed by atoms with E-state index in [4.69, 9.17) is 16.3 Å². The second kappa shape index (κ2) is 5.66. The van der Waals surface area contributed by atoms with Crippen molar-refractivity contribution in [2.45, 2.75) is 6.92 Å². The van der Waals surface area contributed by atoms with Crippen molar-refractivity contribution >= 4 is 23.1 Å². The summed E-state index contributed by atoms with van der Waals surface area (Å²) in [7, 11) is 0. The van der Waals surface area contributed by atoms with Gasteiger partial charge in [0.25, 0.3) is 0 Å². The molecular formula is C13H9ClN2O4. The predicted octanol–water partition coefficient (Wildman–Crippen LogP) is 3.64. The first-order valence-electron chi connectivity index (χ1n) is 5.56. The van der Waals surface area contributed by atoms with Gasteiger partial charge in [-0.25, -0.2) is 4.98 Å². The molecule has 0 N–H and O–H groups in total. The second-order valence-corrected chi connectivity index (χ2v) is 4.35. The van der Waals surface area contributed by atoms with Crippen molar-refractivity contribution in [1.82, 2.24) is 4.98 Å². The lowest BCUT2D eigenvalue weighted by Crippen LogP contribution is -1.97. The fourth-order valence-electron chi connectivity index (χ4n) is 1.52. The summed E-state index contributed by atoms with van der Waals surface area (Å²) in [5, 5.41) is 11.2. The Morgan fingerprint density at radius 1 is 1.35 bits per heavy atom. The predicted molar refractivity (Wildman–Crippen MR) is 72.4 cm³/mol. The molecule has 7 heteroatoms. The summed E-state index contributed by atoms with van der Waals surface area (Å²) in [6.45, 7) is 1.41. The van der Waals surface area contributed by atoms with Crippen LogP contribution in [0.4, 0.5) is 5.69 Å². The fraction of sp³-hybridized carbons (Fsp3) is 0.0769. The lowest BCUT2D eigenvalue weighted by molar-refractivity contribution is -0.385. The molecule has 20 heavy (non-hydrogen) atoms. The van der Waals surface area contributed by atoms with Crippen LogP contribution in [0.3, 0.4) is 0 Å². The second-order valence-electron chi connectivity index (χ2n) is 3.91. The zero-order valence-corrected chi connectivity index (χ0v) is 11.1. The van der Waals surface area contributed by atoms with Crippen molar-refractivity contribution in [3.8, 4) is 11.6 Å². The van der Waals surface area contributed by atoms with E-state index in [1.807, 2.05) is 0 Å². The third-order valence-corrected chi connectivity index (χ3v) is 2.71. The maximum Gasteiger partial charge on any atom is 0.313 e. The van der Waals surface area contributed by atoms with Crippen LogP contribution in [0.1, 0.15) is 17.3 Å². The summed E-state index contributed by atoms with van der Waals surface area (Å²) in [6, 6.07) is 6.99. The van der Waals surface area contributed by atoms with E-state index in [0.29, 0.717) is 5.56 Å². The van der Waals surface area contributed by atoms with Gasteiger partial charge in [-0.15, -0.1) is 0 Å². The molecule has 6 nitrogen and oxygen atoms in total. The Hall–Kier alpha value is -2.47. The molecule has 0 saturated carbocycles. The van der Waals surface area contributed by atoms with E-state index >= 15 is 0 Å². The molecule has 1 aromatic heterocycles. The number of carbonyl (C=O) groups excluding carboxylic acids is 1. The van der Waals surface area contributed by atoms with Crippen LogP contribution in [-0.4, -0.2) is 15.7 Å². The first-order valence-corrected chi connectivity index (χ1v) is 5.94. The molecule has 1 heterocycles. The number of halogens is 1. The number of ketones is 1. The average Bonchev–Trinajstić information content (AvgIpc) is 2.41. The first kappa shape index (κ1) is 14.0. The van der Waals surface area contributed by atoms with Crippen molar-refractivity contribution in [3.63, 3.8) is 0 Å². The van der Waals surface area contributed by atoms with Crippen LogP contribution in [0.2, 0.25) is 5.02 Å². The Bertz CT molecular complexity index is 688. The van der Waals surface area contributed by atoms with Gasteiger partial charge in [0.2, 0.25) is 11.6 Å². The van der Waals surface area contributed by atoms with E-state index < -0.39 is 4.92 Å². The zero-order chi connectivity index (χ0) is 14.7. The third kappa shape index (κ3) is 3.10. The minimum atomic E-state index is -0.601. The summed E-state index contributed by atoms with van der Waals surface area (Å²) in [4.78, 5) is 25.5. The number of benzene rings is 1. The highest BCUT2D eigenvalue weighted by molar-refractivity contribution is 6.30. The van der Waals surface area contributed by atoms with Gasteiger partial charge in [0.15, 0.2) is 5.78 Å². The standard InChI is InChI=1S/C13H9ClN2O4/c1-8(17)9-4-5-15-13(6-9)20-12-3-2-10(14)7-11(12)16(18)19/h2-7H,1H3. The van der Waals surface area contributed by atoms with Gasteiger partial charge in [0, 0.05) is 28.9 Å². The Balaban J connectivity index is 2.37. The van der Waals surface area contributed by atoms with Gasteiger partial charge >= 0.3 is 5.69 Å². The third-order valence-electron chi connectivity index (χ3n) is 2.47. The molecule has 0 fully saturated rings. The molecule has 0 aliphatic heterocycles. The van der Waals surface area contributed by atoms with Gasteiger partial charge in [-0.2, -0.15) is 0 Å². The number of nitro benzene ring substituents is 1. The highest BCUT2D eigenvalue weighted by Crippen LogP contribution is 2.32. The molecule has 2 rings (SSSR count). The topological polar surface area (TPSA) is 82.3 Å². The van der Waals surface area contributed by atoms with Crippen LogP contribution in [0, 0.1) is 10.1 Å². The highest BCUT2D eigenvalue weighted by atomic mass is 35.5. The summed E-state index contributed by atoms with van der Waals surface area (Å²) in [5.74, 6) is -0.0430. The number of rotatable bonds is 4. The molecule has 2 aromatic rings. The average molecular weight is 293 g/mol. The Morgan fingerprint density at radius 2 is 2.10 bits per heavy atom. The van der Waals surface area contributed by atoms with Crippen molar-refractivity contribution in [2.75, 3.05) is 0 Å². The first-order chi connectivity index (χ1) is 9.47. The van der Waals surface area contributed by atoms with Crippen molar-refractivity contribution in [2.24, 2.45) is 0 Å². The Labute approximate surface area is 119 Å². The quantitative estimate of drug-likeness (QED) is 0.488. The number of Topliss-reactive ketones (excluding diaryl/α,β-unsaturated/α-hetero) is 1. The Kier molecular flexibility index (Phi) is 3.95. The molecule has 0 aliphatic carbocycles. The van der Waals surface area contributed by atoms with Crippen LogP contribution in [0.15, 0.2) is 36.5 Å². The van der Waals surface area contributed by atoms with Crippen molar-refractivity contribution in [3.05, 3.63) is 57.2 Å². The van der Waals surface area contributed by atoms with Gasteiger partial charge in [0.1, 0.15) is 0 Å². The number of hydrogen-bond donors (Lipinski definition) is 0. The summed E-state index contributed by atoms with van der Waals surface area (Å²) in [6.07, 6.45) is 1.40. The molecule has 0 atom stereocenters. The monoisotopic (exact) mass is 292 g/mol. The lowest BCUT2D eigenvalue weighted by atomic mass is 10.2. The number of nitro groups is 1. The molecule has 0 bridgehead atoms. The largest absolute Gasteiger partial charge is 0.432 e. The summed E-state index contributed by atoms with van der Waals surface area (Å²) < 4.78 is 5.35. The number of carbonyl (C=O) groups is 1. The van der Waals surface area contributed by atoms with E-state index in [9.17, 15) is 14.9 Å². The van der Waals surface area contributed by atoms with Crippen molar-refractivity contribution in [1.29, 1.82) is 0 Å². The number of hydrogen-bond acceptors (Lipinski definition) is 5. The number of nitrogens with zero attached hydrogens (tertiary/aromatic N) is 2. The molecule has 0 unspecified atom stereocenters. The van der Waals surface area contributed by atoms with Gasteiger partial charge < -0.3 is 4.74 Å². The smallest absolute Gasteiger partial charge is 0.313 e. The molecule has 0 saturated heterocycles. The molecule has 0 amide bonds. The maximum atomic E-state index is 11.3. The van der Waals surface area contributed by atoms with E-state index in [1.165, 1.54) is 43.5 Å². The minimum Gasteiger partial charge on any atom is -0.432 e. The van der Waals surface area contributed by atoms with Crippen LogP contribution in [0.5, 0.6) is 11.6 Å². The van der Waals surface area contributed by atoms with Crippen LogP contribution < -0.4 is 4.74 Å². The Morgan fingerprint density at radius 3 is 2.75 bits per heavy atom. The van der Waals surface area contributed by atoms with E-state index in [1.54, 1.807) is 0 Å². The summed E-state index contributed by atoms with van der Waals surface area (Å²) in [5.41, 5.74) is 0.138. The van der Waals surface area contributed by atoms with Gasteiger partial charge in [-0.05, 0) is 25.1 Å². The maximum absolute atomic E-state index is 11.3. The van der Waals surface area contributed by atoms with Crippen molar-refractivity contribution < 1.29 is 14.5 Å². The normalized spacial score (nSPS) is 10.1. The van der Waals surface area contributed by atoms with Crippen LogP contribution in [-0.2, 0) is 0 Å². The SMILES string of the molecule is CC(=O)c1ccnc(Oc2ccc(Cl)cc2[N+](=O)[O-])c1.